The molecule has 0 fully saturated rings. The van der Waals surface area contributed by atoms with Gasteiger partial charge in [0, 0.05) is 45.2 Å². The first-order valence-corrected chi connectivity index (χ1v) is 12.4. The zero-order chi connectivity index (χ0) is 26.0. The number of hydrogen-bond donors (Lipinski definition) is 3. The van der Waals surface area contributed by atoms with Gasteiger partial charge in [-0.2, -0.15) is 0 Å². The molecule has 0 saturated heterocycles. The highest BCUT2D eigenvalue weighted by molar-refractivity contribution is 5.74. The molecule has 0 aliphatic carbocycles. The zero-order valence-electron chi connectivity index (χ0n) is 21.6. The fraction of sp³-hybridized carbons (Fsp3) is 0.393. The molecule has 5 N–H and O–H groups in total. The normalized spacial score (nSPS) is 14.4. The fourth-order valence-corrected chi connectivity index (χ4v) is 5.02. The van der Waals surface area contributed by atoms with Gasteiger partial charge in [0.2, 0.25) is 0 Å². The first kappa shape index (κ1) is 25.6. The number of aryl methyl sites for hydroxylation is 2. The lowest BCUT2D eigenvalue weighted by Gasteiger charge is -2.29. The first-order chi connectivity index (χ1) is 17.2. The van der Waals surface area contributed by atoms with E-state index >= 15 is 0 Å². The number of carboxylic acid groups (broad SMARTS) is 1. The average molecular weight is 489 g/mol. The van der Waals surface area contributed by atoms with Gasteiger partial charge in [-0.3, -0.25) is 9.69 Å². The first-order valence-electron chi connectivity index (χ1n) is 12.4. The highest BCUT2D eigenvalue weighted by Gasteiger charge is 2.24. The molecule has 0 spiro atoms. The smallest absolute Gasteiger partial charge is 0.304 e. The van der Waals surface area contributed by atoms with Crippen LogP contribution in [0.5, 0.6) is 0 Å². The number of carboxylic acids is 1. The standard InChI is InChI=1S/C28H36N6O2/c1-5-26-31-14-20-10-11-34(16-24(20)32-26)15-21-12-19(7-6-17(21)2)23(13-27(35)36)22-8-9-25(33(4)30)28(29)18(22)3/h6-9,12,14,23H,5,10-11,13,15-16,29-30H2,1-4H3,(H,35,36). The molecule has 190 valence electrons. The molecule has 0 bridgehead atoms. The molecule has 1 atom stereocenters. The minimum Gasteiger partial charge on any atom is -0.481 e. The minimum atomic E-state index is -0.848. The summed E-state index contributed by atoms with van der Waals surface area (Å²) in [4.78, 5) is 23.5. The predicted molar refractivity (Wildman–Crippen MR) is 143 cm³/mol. The summed E-state index contributed by atoms with van der Waals surface area (Å²) in [6, 6.07) is 10.1. The third kappa shape index (κ3) is 5.34. The number of nitrogen functional groups attached to an aromatic ring is 1. The molecule has 1 unspecified atom stereocenters. The Labute approximate surface area is 212 Å². The quantitative estimate of drug-likeness (QED) is 0.249. The van der Waals surface area contributed by atoms with Crippen molar-refractivity contribution >= 4 is 17.3 Å². The Bertz CT molecular complexity index is 1270. The van der Waals surface area contributed by atoms with Crippen molar-refractivity contribution in [3.05, 3.63) is 81.4 Å². The summed E-state index contributed by atoms with van der Waals surface area (Å²) < 4.78 is 0. The van der Waals surface area contributed by atoms with Crippen molar-refractivity contribution in [1.82, 2.24) is 14.9 Å². The largest absolute Gasteiger partial charge is 0.481 e. The molecule has 0 saturated carbocycles. The summed E-state index contributed by atoms with van der Waals surface area (Å²) in [6.07, 6.45) is 3.71. The predicted octanol–water partition coefficient (Wildman–Crippen LogP) is 3.71. The SMILES string of the molecule is CCc1ncc2c(n1)CN(Cc1cc(C(CC(=O)O)c3ccc(N(C)N)c(N)c3C)ccc1C)CC2. The van der Waals surface area contributed by atoms with Crippen LogP contribution in [0.3, 0.4) is 0 Å². The van der Waals surface area contributed by atoms with E-state index in [1.807, 2.05) is 31.3 Å². The maximum Gasteiger partial charge on any atom is 0.304 e. The van der Waals surface area contributed by atoms with Crippen molar-refractivity contribution in [2.24, 2.45) is 5.84 Å². The Morgan fingerprint density at radius 3 is 2.72 bits per heavy atom. The van der Waals surface area contributed by atoms with Crippen molar-refractivity contribution in [3.63, 3.8) is 0 Å². The lowest BCUT2D eigenvalue weighted by atomic mass is 9.84. The molecular formula is C28H36N6O2. The van der Waals surface area contributed by atoms with Gasteiger partial charge in [0.05, 0.1) is 23.5 Å². The van der Waals surface area contributed by atoms with Crippen LogP contribution in [0.2, 0.25) is 0 Å². The molecule has 1 aliphatic rings. The summed E-state index contributed by atoms with van der Waals surface area (Å²) >= 11 is 0. The van der Waals surface area contributed by atoms with Crippen LogP contribution in [-0.2, 0) is 30.7 Å². The van der Waals surface area contributed by atoms with Crippen LogP contribution in [-0.4, -0.2) is 39.5 Å². The molecule has 1 aliphatic heterocycles. The summed E-state index contributed by atoms with van der Waals surface area (Å²) in [5.74, 6) is 5.64. The second kappa shape index (κ2) is 10.6. The van der Waals surface area contributed by atoms with Crippen LogP contribution >= 0.6 is 0 Å². The number of fused-ring (bicyclic) bond motifs is 1. The van der Waals surface area contributed by atoms with E-state index < -0.39 is 5.97 Å². The minimum absolute atomic E-state index is 0.0194. The van der Waals surface area contributed by atoms with Crippen LogP contribution in [0.25, 0.3) is 0 Å². The molecule has 2 aromatic carbocycles. The van der Waals surface area contributed by atoms with Crippen LogP contribution in [0.15, 0.2) is 36.5 Å². The van der Waals surface area contributed by atoms with E-state index in [2.05, 4.69) is 35.9 Å². The molecular weight excluding hydrogens is 452 g/mol. The number of carbonyl (C=O) groups is 1. The van der Waals surface area contributed by atoms with Gasteiger partial charge in [0.15, 0.2) is 0 Å². The van der Waals surface area contributed by atoms with Gasteiger partial charge in [-0.15, -0.1) is 0 Å². The Hall–Kier alpha value is -3.49. The Morgan fingerprint density at radius 1 is 1.25 bits per heavy atom. The van der Waals surface area contributed by atoms with E-state index in [-0.39, 0.29) is 12.3 Å². The van der Waals surface area contributed by atoms with Crippen molar-refractivity contribution < 1.29 is 9.90 Å². The van der Waals surface area contributed by atoms with Gasteiger partial charge in [0.1, 0.15) is 5.82 Å². The summed E-state index contributed by atoms with van der Waals surface area (Å²) in [5.41, 5.74) is 15.1. The Balaban J connectivity index is 1.65. The summed E-state index contributed by atoms with van der Waals surface area (Å²) in [6.45, 7) is 8.61. The van der Waals surface area contributed by atoms with Crippen molar-refractivity contribution in [2.75, 3.05) is 24.3 Å². The van der Waals surface area contributed by atoms with Crippen molar-refractivity contribution in [2.45, 2.75) is 59.0 Å². The van der Waals surface area contributed by atoms with Crippen LogP contribution in [0.1, 0.15) is 64.2 Å². The third-order valence-electron chi connectivity index (χ3n) is 7.23. The van der Waals surface area contributed by atoms with Gasteiger partial charge in [-0.25, -0.2) is 15.8 Å². The molecule has 3 aromatic rings. The number of aliphatic carboxylic acids is 1. The van der Waals surface area contributed by atoms with E-state index in [4.69, 9.17) is 16.6 Å². The molecule has 4 rings (SSSR count). The highest BCUT2D eigenvalue weighted by Crippen LogP contribution is 2.37. The van der Waals surface area contributed by atoms with E-state index in [0.29, 0.717) is 5.69 Å². The summed E-state index contributed by atoms with van der Waals surface area (Å²) in [7, 11) is 1.74. The lowest BCUT2D eigenvalue weighted by Crippen LogP contribution is -2.31. The average Bonchev–Trinajstić information content (AvgIpc) is 2.85. The second-order valence-electron chi connectivity index (χ2n) is 9.73. The van der Waals surface area contributed by atoms with E-state index in [1.165, 1.54) is 21.7 Å². The Kier molecular flexibility index (Phi) is 7.56. The zero-order valence-corrected chi connectivity index (χ0v) is 21.6. The van der Waals surface area contributed by atoms with Gasteiger partial charge < -0.3 is 15.8 Å². The maximum absolute atomic E-state index is 11.9. The number of rotatable bonds is 8. The molecule has 36 heavy (non-hydrogen) atoms. The number of hydrogen-bond acceptors (Lipinski definition) is 7. The molecule has 0 radical (unpaired) electrons. The van der Waals surface area contributed by atoms with Gasteiger partial charge in [-0.05, 0) is 59.7 Å². The van der Waals surface area contributed by atoms with Crippen LogP contribution < -0.4 is 16.6 Å². The van der Waals surface area contributed by atoms with E-state index in [9.17, 15) is 9.90 Å². The molecule has 1 aromatic heterocycles. The molecule has 2 heterocycles. The highest BCUT2D eigenvalue weighted by atomic mass is 16.4. The summed E-state index contributed by atoms with van der Waals surface area (Å²) in [5, 5.41) is 11.2. The number of nitrogens with zero attached hydrogens (tertiary/aromatic N) is 4. The molecule has 8 heteroatoms. The third-order valence-corrected chi connectivity index (χ3v) is 7.23. The van der Waals surface area contributed by atoms with E-state index in [1.54, 1.807) is 7.05 Å². The Morgan fingerprint density at radius 2 is 2.03 bits per heavy atom. The van der Waals surface area contributed by atoms with Gasteiger partial charge in [0.25, 0.3) is 0 Å². The number of nitrogens with two attached hydrogens (primary N) is 2. The topological polar surface area (TPSA) is 122 Å². The van der Waals surface area contributed by atoms with Crippen molar-refractivity contribution in [1.29, 1.82) is 0 Å². The monoisotopic (exact) mass is 488 g/mol. The second-order valence-corrected chi connectivity index (χ2v) is 9.73. The molecule has 0 amide bonds. The van der Waals surface area contributed by atoms with Crippen molar-refractivity contribution in [3.8, 4) is 0 Å². The number of anilines is 2. The number of benzene rings is 2. The van der Waals surface area contributed by atoms with Crippen LogP contribution in [0, 0.1) is 13.8 Å². The van der Waals surface area contributed by atoms with Crippen LogP contribution in [0.4, 0.5) is 11.4 Å². The lowest BCUT2D eigenvalue weighted by molar-refractivity contribution is -0.137. The van der Waals surface area contributed by atoms with Gasteiger partial charge >= 0.3 is 5.97 Å². The molecule has 8 nitrogen and oxygen atoms in total. The fourth-order valence-electron chi connectivity index (χ4n) is 5.02. The van der Waals surface area contributed by atoms with Gasteiger partial charge in [-0.1, -0.05) is 31.2 Å². The number of hydrazine groups is 1. The van der Waals surface area contributed by atoms with E-state index in [0.717, 1.165) is 66.4 Å². The maximum atomic E-state index is 11.9. The number of aromatic nitrogens is 2.